The van der Waals surface area contributed by atoms with Gasteiger partial charge in [-0.25, -0.2) is 9.38 Å². The van der Waals surface area contributed by atoms with Crippen molar-refractivity contribution >= 4 is 45.0 Å². The second-order valence-electron chi connectivity index (χ2n) is 6.62. The number of para-hydroxylation sites is 2. The number of hydrogen-bond donors (Lipinski definition) is 0. The average molecular weight is 419 g/mol. The quantitative estimate of drug-likeness (QED) is 0.425. The number of aromatic nitrogens is 2. The van der Waals surface area contributed by atoms with Crippen LogP contribution in [0.25, 0.3) is 22.1 Å². The molecule has 0 aliphatic carbocycles. The van der Waals surface area contributed by atoms with Gasteiger partial charge in [-0.2, -0.15) is 0 Å². The van der Waals surface area contributed by atoms with Crippen molar-refractivity contribution in [2.75, 3.05) is 0 Å². The van der Waals surface area contributed by atoms with Gasteiger partial charge in [-0.1, -0.05) is 59.3 Å². The van der Waals surface area contributed by atoms with E-state index in [0.717, 1.165) is 27.9 Å². The van der Waals surface area contributed by atoms with Gasteiger partial charge in [-0.05, 0) is 53.6 Å². The molecule has 0 bridgehead atoms. The van der Waals surface area contributed by atoms with E-state index >= 15 is 0 Å². The molecule has 0 spiro atoms. The van der Waals surface area contributed by atoms with Crippen molar-refractivity contribution < 1.29 is 4.74 Å². The lowest BCUT2D eigenvalue weighted by atomic mass is 10.2. The molecule has 0 aliphatic rings. The third kappa shape index (κ3) is 3.50. The highest BCUT2D eigenvalue weighted by Gasteiger charge is 2.10. The normalized spacial score (nSPS) is 12.1. The van der Waals surface area contributed by atoms with Crippen molar-refractivity contribution in [3.05, 3.63) is 104 Å². The van der Waals surface area contributed by atoms with E-state index in [1.54, 1.807) is 4.40 Å². The smallest absolute Gasteiger partial charge is 0.274 e. The Bertz CT molecular complexity index is 1440. The predicted molar refractivity (Wildman–Crippen MR) is 118 cm³/mol. The zero-order valence-corrected chi connectivity index (χ0v) is 16.8. The van der Waals surface area contributed by atoms with E-state index in [1.165, 1.54) is 11.3 Å². The molecule has 2 heterocycles. The van der Waals surface area contributed by atoms with Crippen LogP contribution in [0.1, 0.15) is 11.1 Å². The van der Waals surface area contributed by atoms with Crippen molar-refractivity contribution in [1.82, 2.24) is 9.38 Å². The number of fused-ring (bicyclic) bond motifs is 3. The van der Waals surface area contributed by atoms with Crippen LogP contribution in [0.4, 0.5) is 0 Å². The number of halogens is 1. The molecule has 4 nitrogen and oxygen atoms in total. The maximum absolute atomic E-state index is 12.9. The molecule has 0 N–H and O–H groups in total. The van der Waals surface area contributed by atoms with Crippen LogP contribution >= 0.6 is 22.9 Å². The first kappa shape index (κ1) is 17.9. The summed E-state index contributed by atoms with van der Waals surface area (Å²) < 4.78 is 8.21. The van der Waals surface area contributed by atoms with Crippen LogP contribution in [-0.2, 0) is 6.61 Å². The summed E-state index contributed by atoms with van der Waals surface area (Å²) in [6.07, 6.45) is 1.88. The zero-order valence-electron chi connectivity index (χ0n) is 15.2. The molecule has 0 unspecified atom stereocenters. The summed E-state index contributed by atoms with van der Waals surface area (Å²) in [6, 6.07) is 22.9. The Balaban J connectivity index is 1.46. The molecule has 2 aromatic heterocycles. The Hall–Kier alpha value is -3.15. The molecule has 0 aliphatic heterocycles. The van der Waals surface area contributed by atoms with Gasteiger partial charge in [0.05, 0.1) is 15.6 Å². The van der Waals surface area contributed by atoms with Crippen molar-refractivity contribution in [3.8, 4) is 5.75 Å². The maximum atomic E-state index is 12.9. The lowest BCUT2D eigenvalue weighted by Gasteiger charge is -2.07. The Morgan fingerprint density at radius 1 is 1.03 bits per heavy atom. The van der Waals surface area contributed by atoms with Gasteiger partial charge in [0, 0.05) is 5.02 Å². The summed E-state index contributed by atoms with van der Waals surface area (Å²) >= 11 is 7.31. The van der Waals surface area contributed by atoms with E-state index in [-0.39, 0.29) is 5.56 Å². The fraction of sp³-hybridized carbons (Fsp3) is 0.0435. The Morgan fingerprint density at radius 3 is 2.72 bits per heavy atom. The zero-order chi connectivity index (χ0) is 19.8. The molecule has 5 rings (SSSR count). The summed E-state index contributed by atoms with van der Waals surface area (Å²) in [5.41, 5.74) is 3.57. The minimum Gasteiger partial charge on any atom is -0.489 e. The van der Waals surface area contributed by atoms with Gasteiger partial charge in [-0.15, -0.1) is 0 Å². The minimum atomic E-state index is -0.0498. The second kappa shape index (κ2) is 7.35. The second-order valence-corrected chi connectivity index (χ2v) is 8.07. The van der Waals surface area contributed by atoms with Crippen molar-refractivity contribution in [2.24, 2.45) is 0 Å². The molecule has 0 radical (unpaired) electrons. The number of thiazole rings is 1. The molecule has 0 saturated carbocycles. The van der Waals surface area contributed by atoms with Crippen LogP contribution in [0.2, 0.25) is 5.02 Å². The molecular formula is C23H15ClN2O2S. The minimum absolute atomic E-state index is 0.0498. The first-order valence-corrected chi connectivity index (χ1v) is 10.3. The third-order valence-electron chi connectivity index (χ3n) is 4.62. The largest absolute Gasteiger partial charge is 0.489 e. The molecule has 0 fully saturated rings. The van der Waals surface area contributed by atoms with Gasteiger partial charge >= 0.3 is 0 Å². The predicted octanol–water partition coefficient (Wildman–Crippen LogP) is 4.69. The Kier molecular flexibility index (Phi) is 4.54. The fourth-order valence-corrected chi connectivity index (χ4v) is 4.32. The summed E-state index contributed by atoms with van der Waals surface area (Å²) in [4.78, 5) is 18.1. The monoisotopic (exact) mass is 418 g/mol. The van der Waals surface area contributed by atoms with Crippen LogP contribution in [0.3, 0.4) is 0 Å². The topological polar surface area (TPSA) is 43.6 Å². The van der Waals surface area contributed by atoms with Crippen molar-refractivity contribution in [3.63, 3.8) is 0 Å². The molecule has 5 aromatic rings. The molecule has 3 aromatic carbocycles. The standard InChI is InChI=1S/C23H15ClN2O2S/c24-17-10-8-15(9-11-17)14-28-18-5-3-4-16(12-18)13-21-22(27)26-20-7-2-1-6-19(20)25-23(26)29-21/h1-13H,14H2/b21-13+. The van der Waals surface area contributed by atoms with E-state index in [1.807, 2.05) is 78.9 Å². The third-order valence-corrected chi connectivity index (χ3v) is 5.84. The molecule has 142 valence electrons. The first-order chi connectivity index (χ1) is 14.2. The highest BCUT2D eigenvalue weighted by molar-refractivity contribution is 7.15. The maximum Gasteiger partial charge on any atom is 0.274 e. The number of benzene rings is 3. The SMILES string of the molecule is O=c1/c(=C\c2cccc(OCc3ccc(Cl)cc3)c2)sc2nc3ccccc3n12. The number of ether oxygens (including phenoxy) is 1. The summed E-state index contributed by atoms with van der Waals surface area (Å²) in [5.74, 6) is 0.743. The van der Waals surface area contributed by atoms with Crippen molar-refractivity contribution in [1.29, 1.82) is 0 Å². The van der Waals surface area contributed by atoms with Crippen LogP contribution in [0.5, 0.6) is 5.75 Å². The Morgan fingerprint density at radius 2 is 1.86 bits per heavy atom. The molecule has 29 heavy (non-hydrogen) atoms. The molecule has 0 saturated heterocycles. The fourth-order valence-electron chi connectivity index (χ4n) is 3.20. The van der Waals surface area contributed by atoms with Gasteiger partial charge in [0.2, 0.25) is 0 Å². The van der Waals surface area contributed by atoms with Gasteiger partial charge in [-0.3, -0.25) is 4.79 Å². The van der Waals surface area contributed by atoms with Gasteiger partial charge in [0.15, 0.2) is 4.96 Å². The van der Waals surface area contributed by atoms with E-state index in [9.17, 15) is 4.79 Å². The number of nitrogens with zero attached hydrogens (tertiary/aromatic N) is 2. The molecular weight excluding hydrogens is 404 g/mol. The summed E-state index contributed by atoms with van der Waals surface area (Å²) in [6.45, 7) is 0.451. The van der Waals surface area contributed by atoms with Crippen LogP contribution in [0.15, 0.2) is 77.6 Å². The van der Waals surface area contributed by atoms with E-state index in [4.69, 9.17) is 16.3 Å². The van der Waals surface area contributed by atoms with Crippen molar-refractivity contribution in [2.45, 2.75) is 6.61 Å². The first-order valence-electron chi connectivity index (χ1n) is 9.06. The summed E-state index contributed by atoms with van der Waals surface area (Å²) in [5, 5.41) is 0.703. The number of hydrogen-bond acceptors (Lipinski definition) is 4. The number of rotatable bonds is 4. The number of imidazole rings is 1. The lowest BCUT2D eigenvalue weighted by molar-refractivity contribution is 0.306. The van der Waals surface area contributed by atoms with Crippen LogP contribution < -0.4 is 14.8 Å². The molecule has 0 amide bonds. The van der Waals surface area contributed by atoms with E-state index in [2.05, 4.69) is 4.98 Å². The molecule has 0 atom stereocenters. The van der Waals surface area contributed by atoms with Crippen LogP contribution in [-0.4, -0.2) is 9.38 Å². The van der Waals surface area contributed by atoms with E-state index in [0.29, 0.717) is 21.1 Å². The van der Waals surface area contributed by atoms with Gasteiger partial charge in [0.25, 0.3) is 5.56 Å². The lowest BCUT2D eigenvalue weighted by Crippen LogP contribution is -2.22. The van der Waals surface area contributed by atoms with Gasteiger partial charge in [0.1, 0.15) is 12.4 Å². The van der Waals surface area contributed by atoms with E-state index < -0.39 is 0 Å². The average Bonchev–Trinajstić information content (AvgIpc) is 3.24. The highest BCUT2D eigenvalue weighted by Crippen LogP contribution is 2.18. The molecule has 6 heteroatoms. The summed E-state index contributed by atoms with van der Waals surface area (Å²) in [7, 11) is 0. The Labute approximate surface area is 175 Å². The van der Waals surface area contributed by atoms with Crippen LogP contribution in [0, 0.1) is 0 Å². The highest BCUT2D eigenvalue weighted by atomic mass is 35.5. The van der Waals surface area contributed by atoms with Gasteiger partial charge < -0.3 is 4.74 Å².